The van der Waals surface area contributed by atoms with Crippen molar-refractivity contribution in [2.45, 2.75) is 18.9 Å². The van der Waals surface area contributed by atoms with Gasteiger partial charge >= 0.3 is 0 Å². The Kier molecular flexibility index (Phi) is 4.59. The third-order valence-electron chi connectivity index (χ3n) is 1.88. The number of alkyl halides is 2. The van der Waals surface area contributed by atoms with Crippen molar-refractivity contribution in [3.05, 3.63) is 32.8 Å². The number of benzene rings is 1. The predicted molar refractivity (Wildman–Crippen MR) is 59.0 cm³/mol. The fraction of sp³-hybridized carbons (Fsp3) is 0.333. The van der Waals surface area contributed by atoms with Gasteiger partial charge in [0.1, 0.15) is 0 Å². The molecule has 84 valence electrons. The van der Waals surface area contributed by atoms with Gasteiger partial charge in [-0.2, -0.15) is 0 Å². The van der Waals surface area contributed by atoms with Crippen LogP contribution in [0.1, 0.15) is 18.0 Å². The molecule has 0 amide bonds. The van der Waals surface area contributed by atoms with Crippen molar-refractivity contribution in [3.8, 4) is 0 Å². The zero-order chi connectivity index (χ0) is 11.6. The van der Waals surface area contributed by atoms with Crippen LogP contribution in [0.2, 0.25) is 15.1 Å². The monoisotopic (exact) mass is 273 g/mol. The molecule has 0 saturated heterocycles. The number of rotatable bonds is 3. The van der Waals surface area contributed by atoms with Crippen LogP contribution in [0.15, 0.2) is 12.1 Å². The van der Waals surface area contributed by atoms with Gasteiger partial charge in [0.05, 0.1) is 10.0 Å². The van der Waals surface area contributed by atoms with Crippen molar-refractivity contribution in [2.24, 2.45) is 5.73 Å². The van der Waals surface area contributed by atoms with Gasteiger partial charge in [0.25, 0.3) is 0 Å². The highest BCUT2D eigenvalue weighted by Gasteiger charge is 2.19. The smallest absolute Gasteiger partial charge is 0.240 e. The molecule has 15 heavy (non-hydrogen) atoms. The summed E-state index contributed by atoms with van der Waals surface area (Å²) in [5, 5.41) is 0.635. The first kappa shape index (κ1) is 13.0. The van der Waals surface area contributed by atoms with Crippen molar-refractivity contribution < 1.29 is 8.78 Å². The molecule has 6 heteroatoms. The second kappa shape index (κ2) is 5.30. The molecule has 0 unspecified atom stereocenters. The van der Waals surface area contributed by atoms with Gasteiger partial charge in [0.2, 0.25) is 6.43 Å². The molecule has 0 aromatic heterocycles. The van der Waals surface area contributed by atoms with Crippen molar-refractivity contribution in [3.63, 3.8) is 0 Å². The maximum absolute atomic E-state index is 12.1. The Hall–Kier alpha value is -0.0900. The van der Waals surface area contributed by atoms with Crippen LogP contribution in [0.4, 0.5) is 8.78 Å². The van der Waals surface area contributed by atoms with Crippen LogP contribution in [0.5, 0.6) is 0 Å². The number of nitrogens with two attached hydrogens (primary N) is 1. The molecular weight excluding hydrogens is 266 g/mol. The molecule has 0 heterocycles. The largest absolute Gasteiger partial charge is 0.324 e. The molecule has 1 nitrogen and oxygen atoms in total. The molecule has 0 aliphatic rings. The second-order valence-electron chi connectivity index (χ2n) is 2.99. The van der Waals surface area contributed by atoms with Gasteiger partial charge in [-0.25, -0.2) is 8.78 Å². The minimum absolute atomic E-state index is 0.136. The predicted octanol–water partition coefficient (Wildman–Crippen LogP) is 4.30. The summed E-state index contributed by atoms with van der Waals surface area (Å²) >= 11 is 17.4. The van der Waals surface area contributed by atoms with Crippen molar-refractivity contribution >= 4 is 34.8 Å². The Labute approximate surface area is 101 Å². The van der Waals surface area contributed by atoms with E-state index in [0.29, 0.717) is 0 Å². The molecule has 1 aromatic rings. The molecule has 0 aliphatic heterocycles. The lowest BCUT2D eigenvalue weighted by molar-refractivity contribution is 0.128. The number of halogens is 5. The van der Waals surface area contributed by atoms with E-state index in [2.05, 4.69) is 0 Å². The topological polar surface area (TPSA) is 26.0 Å². The van der Waals surface area contributed by atoms with Crippen LogP contribution in [0, 0.1) is 0 Å². The summed E-state index contributed by atoms with van der Waals surface area (Å²) in [6, 6.07) is 2.06. The fourth-order valence-electron chi connectivity index (χ4n) is 1.19. The Balaban J connectivity index is 3.07. The molecule has 0 spiro atoms. The molecule has 0 aliphatic carbocycles. The summed E-state index contributed by atoms with van der Waals surface area (Å²) in [7, 11) is 0. The van der Waals surface area contributed by atoms with E-state index >= 15 is 0 Å². The van der Waals surface area contributed by atoms with Crippen LogP contribution in [0.25, 0.3) is 0 Å². The van der Waals surface area contributed by atoms with Gasteiger partial charge in [0, 0.05) is 23.0 Å². The van der Waals surface area contributed by atoms with E-state index in [9.17, 15) is 8.78 Å². The van der Waals surface area contributed by atoms with Crippen LogP contribution >= 0.6 is 34.8 Å². The van der Waals surface area contributed by atoms with E-state index in [4.69, 9.17) is 40.5 Å². The molecule has 1 rings (SSSR count). The standard InChI is InChI=1S/C9H8Cl3F2N/c10-4-1-2-5(11)9(12)8(4)6(15)3-7(13)14/h1-2,6-7H,3,15H2/t6-/m0/s1. The van der Waals surface area contributed by atoms with Crippen LogP contribution in [0.3, 0.4) is 0 Å². The Bertz CT molecular complexity index is 357. The molecule has 2 N–H and O–H groups in total. The SMILES string of the molecule is N[C@@H](CC(F)F)c1c(Cl)ccc(Cl)c1Cl. The summed E-state index contributed by atoms with van der Waals surface area (Å²) in [5.74, 6) is 0. The van der Waals surface area contributed by atoms with Crippen LogP contribution < -0.4 is 5.73 Å². The molecule has 0 saturated carbocycles. The van der Waals surface area contributed by atoms with Gasteiger partial charge in [-0.15, -0.1) is 0 Å². The quantitative estimate of drug-likeness (QED) is 0.817. The third-order valence-corrected chi connectivity index (χ3v) is 3.03. The van der Waals surface area contributed by atoms with Gasteiger partial charge in [-0.05, 0) is 12.1 Å². The minimum Gasteiger partial charge on any atom is -0.324 e. The van der Waals surface area contributed by atoms with Gasteiger partial charge in [-0.1, -0.05) is 34.8 Å². The first-order valence-electron chi connectivity index (χ1n) is 4.10. The summed E-state index contributed by atoms with van der Waals surface area (Å²) in [6.07, 6.45) is -3.01. The molecular formula is C9H8Cl3F2N. The van der Waals surface area contributed by atoms with Crippen LogP contribution in [-0.4, -0.2) is 6.43 Å². The first-order valence-corrected chi connectivity index (χ1v) is 5.24. The molecule has 0 fully saturated rings. The molecule has 1 atom stereocenters. The van der Waals surface area contributed by atoms with Crippen molar-refractivity contribution in [2.75, 3.05) is 0 Å². The van der Waals surface area contributed by atoms with Gasteiger partial charge in [-0.3, -0.25) is 0 Å². The van der Waals surface area contributed by atoms with Crippen molar-refractivity contribution in [1.29, 1.82) is 0 Å². The zero-order valence-corrected chi connectivity index (χ0v) is 9.75. The van der Waals surface area contributed by atoms with Crippen molar-refractivity contribution in [1.82, 2.24) is 0 Å². The Morgan fingerprint density at radius 2 is 1.67 bits per heavy atom. The maximum atomic E-state index is 12.1. The lowest BCUT2D eigenvalue weighted by atomic mass is 10.0. The average molecular weight is 275 g/mol. The Morgan fingerprint density at radius 3 is 2.20 bits per heavy atom. The van der Waals surface area contributed by atoms with E-state index in [1.807, 2.05) is 0 Å². The molecule has 0 radical (unpaired) electrons. The second-order valence-corrected chi connectivity index (χ2v) is 4.18. The lowest BCUT2D eigenvalue weighted by Crippen LogP contribution is -2.15. The van der Waals surface area contributed by atoms with E-state index in [0.717, 1.165) is 0 Å². The van der Waals surface area contributed by atoms with E-state index in [1.165, 1.54) is 12.1 Å². The van der Waals surface area contributed by atoms with Gasteiger partial charge < -0.3 is 5.73 Å². The summed E-state index contributed by atoms with van der Waals surface area (Å²) < 4.78 is 24.3. The average Bonchev–Trinajstić information content (AvgIpc) is 2.11. The summed E-state index contributed by atoms with van der Waals surface area (Å²) in [6.45, 7) is 0. The normalized spacial score (nSPS) is 13.3. The number of hydrogen-bond donors (Lipinski definition) is 1. The fourth-order valence-corrected chi connectivity index (χ4v) is 2.01. The Morgan fingerprint density at radius 1 is 1.13 bits per heavy atom. The summed E-state index contributed by atoms with van der Waals surface area (Å²) in [5.41, 5.74) is 5.83. The van der Waals surface area contributed by atoms with E-state index in [1.54, 1.807) is 0 Å². The number of hydrogen-bond acceptors (Lipinski definition) is 1. The lowest BCUT2D eigenvalue weighted by Gasteiger charge is -2.15. The van der Waals surface area contributed by atoms with E-state index in [-0.39, 0.29) is 20.6 Å². The zero-order valence-electron chi connectivity index (χ0n) is 7.48. The van der Waals surface area contributed by atoms with Crippen LogP contribution in [-0.2, 0) is 0 Å². The van der Waals surface area contributed by atoms with Gasteiger partial charge in [0.15, 0.2) is 0 Å². The van der Waals surface area contributed by atoms with E-state index < -0.39 is 18.9 Å². The third kappa shape index (κ3) is 3.18. The molecule has 1 aromatic carbocycles. The maximum Gasteiger partial charge on any atom is 0.240 e. The molecule has 0 bridgehead atoms. The highest BCUT2D eigenvalue weighted by molar-refractivity contribution is 6.44. The summed E-state index contributed by atoms with van der Waals surface area (Å²) in [4.78, 5) is 0. The highest BCUT2D eigenvalue weighted by Crippen LogP contribution is 2.36. The first-order chi connectivity index (χ1) is 6.93. The highest BCUT2D eigenvalue weighted by atomic mass is 35.5. The minimum atomic E-state index is -2.51.